The van der Waals surface area contributed by atoms with E-state index in [4.69, 9.17) is 4.74 Å². The first-order valence-corrected chi connectivity index (χ1v) is 7.44. The Labute approximate surface area is 121 Å². The average molecular weight is 276 g/mol. The number of amides is 1. The third-order valence-corrected chi connectivity index (χ3v) is 3.56. The van der Waals surface area contributed by atoms with E-state index in [1.807, 2.05) is 25.1 Å². The first kappa shape index (κ1) is 15.0. The van der Waals surface area contributed by atoms with Gasteiger partial charge in [-0.3, -0.25) is 9.69 Å². The Bertz CT molecular complexity index is 402. The van der Waals surface area contributed by atoms with Crippen molar-refractivity contribution in [3.63, 3.8) is 0 Å². The Kier molecular flexibility index (Phi) is 6.02. The number of benzene rings is 1. The van der Waals surface area contributed by atoms with Crippen LogP contribution in [0.1, 0.15) is 31.4 Å². The third kappa shape index (κ3) is 4.62. The maximum absolute atomic E-state index is 11.9. The second kappa shape index (κ2) is 8.02. The van der Waals surface area contributed by atoms with Gasteiger partial charge in [-0.15, -0.1) is 0 Å². The topological polar surface area (TPSA) is 41.6 Å². The molecule has 4 nitrogen and oxygen atoms in total. The molecule has 0 radical (unpaired) electrons. The molecule has 0 aromatic heterocycles. The van der Waals surface area contributed by atoms with Crippen LogP contribution in [0.4, 0.5) is 0 Å². The molecule has 1 saturated heterocycles. The van der Waals surface area contributed by atoms with Crippen molar-refractivity contribution in [3.05, 3.63) is 35.9 Å². The van der Waals surface area contributed by atoms with Crippen molar-refractivity contribution in [2.75, 3.05) is 32.8 Å². The van der Waals surface area contributed by atoms with Gasteiger partial charge in [0.25, 0.3) is 0 Å². The molecule has 1 aromatic rings. The van der Waals surface area contributed by atoms with E-state index in [0.29, 0.717) is 6.42 Å². The number of nitrogens with zero attached hydrogens (tertiary/aromatic N) is 1. The zero-order valence-corrected chi connectivity index (χ0v) is 12.2. The van der Waals surface area contributed by atoms with Crippen LogP contribution in [0.15, 0.2) is 30.3 Å². The van der Waals surface area contributed by atoms with Crippen molar-refractivity contribution in [2.45, 2.75) is 25.8 Å². The lowest BCUT2D eigenvalue weighted by molar-refractivity contribution is -0.122. The molecule has 0 saturated carbocycles. The number of rotatable bonds is 6. The second-order valence-electron chi connectivity index (χ2n) is 5.19. The van der Waals surface area contributed by atoms with Gasteiger partial charge in [-0.25, -0.2) is 0 Å². The fourth-order valence-corrected chi connectivity index (χ4v) is 2.46. The van der Waals surface area contributed by atoms with Gasteiger partial charge in [-0.1, -0.05) is 37.3 Å². The summed E-state index contributed by atoms with van der Waals surface area (Å²) in [5.41, 5.74) is 1.17. The summed E-state index contributed by atoms with van der Waals surface area (Å²) in [6, 6.07) is 10.3. The van der Waals surface area contributed by atoms with Crippen LogP contribution < -0.4 is 5.32 Å². The summed E-state index contributed by atoms with van der Waals surface area (Å²) in [6.07, 6.45) is 1.47. The summed E-state index contributed by atoms with van der Waals surface area (Å²) in [7, 11) is 0. The predicted molar refractivity (Wildman–Crippen MR) is 79.5 cm³/mol. The van der Waals surface area contributed by atoms with Crippen LogP contribution in [-0.4, -0.2) is 43.7 Å². The molecule has 2 rings (SSSR count). The maximum atomic E-state index is 11.9. The molecule has 1 amide bonds. The molecule has 1 unspecified atom stereocenters. The van der Waals surface area contributed by atoms with Crippen LogP contribution in [0.2, 0.25) is 0 Å². The molecular weight excluding hydrogens is 252 g/mol. The van der Waals surface area contributed by atoms with Crippen molar-refractivity contribution >= 4 is 5.91 Å². The van der Waals surface area contributed by atoms with E-state index in [2.05, 4.69) is 22.3 Å². The molecule has 4 heteroatoms. The molecule has 1 aromatic carbocycles. The molecule has 20 heavy (non-hydrogen) atoms. The molecular formula is C16H24N2O2. The van der Waals surface area contributed by atoms with Crippen molar-refractivity contribution in [1.82, 2.24) is 10.2 Å². The summed E-state index contributed by atoms with van der Waals surface area (Å²) in [5, 5.41) is 3.16. The molecule has 1 N–H and O–H groups in total. The molecule has 0 bridgehead atoms. The van der Waals surface area contributed by atoms with E-state index < -0.39 is 0 Å². The monoisotopic (exact) mass is 276 g/mol. The van der Waals surface area contributed by atoms with Crippen LogP contribution in [-0.2, 0) is 9.53 Å². The third-order valence-electron chi connectivity index (χ3n) is 3.56. The zero-order chi connectivity index (χ0) is 14.2. The van der Waals surface area contributed by atoms with Crippen LogP contribution in [0.3, 0.4) is 0 Å². The molecule has 1 heterocycles. The SMILES string of the molecule is CCCC(=O)NC(CN1CCOCC1)c1ccccc1. The minimum absolute atomic E-state index is 0.0633. The smallest absolute Gasteiger partial charge is 0.220 e. The molecule has 0 aliphatic carbocycles. The van der Waals surface area contributed by atoms with Gasteiger partial charge in [0, 0.05) is 26.1 Å². The molecule has 1 atom stereocenters. The Balaban J connectivity index is 2.01. The highest BCUT2D eigenvalue weighted by Crippen LogP contribution is 2.15. The van der Waals surface area contributed by atoms with Crippen LogP contribution >= 0.6 is 0 Å². The summed E-state index contributed by atoms with van der Waals surface area (Å²) in [6.45, 7) is 6.32. The summed E-state index contributed by atoms with van der Waals surface area (Å²) >= 11 is 0. The average Bonchev–Trinajstić information content (AvgIpc) is 2.49. The molecule has 1 fully saturated rings. The lowest BCUT2D eigenvalue weighted by Gasteiger charge is -2.31. The van der Waals surface area contributed by atoms with Gasteiger partial charge < -0.3 is 10.1 Å². The number of carbonyl (C=O) groups is 1. The number of ether oxygens (including phenoxy) is 1. The second-order valence-corrected chi connectivity index (χ2v) is 5.19. The Morgan fingerprint density at radius 1 is 1.30 bits per heavy atom. The van der Waals surface area contributed by atoms with Crippen LogP contribution in [0, 0.1) is 0 Å². The number of nitrogens with one attached hydrogen (secondary N) is 1. The molecule has 1 aliphatic heterocycles. The highest BCUT2D eigenvalue weighted by molar-refractivity contribution is 5.76. The number of carbonyl (C=O) groups excluding carboxylic acids is 1. The standard InChI is InChI=1S/C16H24N2O2/c1-2-6-16(19)17-15(14-7-4-3-5-8-14)13-18-9-11-20-12-10-18/h3-5,7-8,15H,2,6,9-13H2,1H3,(H,17,19). The van der Waals surface area contributed by atoms with Crippen molar-refractivity contribution in [3.8, 4) is 0 Å². The van der Waals surface area contributed by atoms with Gasteiger partial charge in [0.05, 0.1) is 19.3 Å². The van der Waals surface area contributed by atoms with E-state index in [-0.39, 0.29) is 11.9 Å². The van der Waals surface area contributed by atoms with E-state index in [1.165, 1.54) is 5.56 Å². The summed E-state index contributed by atoms with van der Waals surface area (Å²) < 4.78 is 5.38. The van der Waals surface area contributed by atoms with Crippen LogP contribution in [0.25, 0.3) is 0 Å². The largest absolute Gasteiger partial charge is 0.379 e. The van der Waals surface area contributed by atoms with Gasteiger partial charge in [-0.05, 0) is 12.0 Å². The number of morpholine rings is 1. The zero-order valence-electron chi connectivity index (χ0n) is 12.2. The van der Waals surface area contributed by atoms with Gasteiger partial charge in [-0.2, -0.15) is 0 Å². The lowest BCUT2D eigenvalue weighted by Crippen LogP contribution is -2.43. The fraction of sp³-hybridized carbons (Fsp3) is 0.562. The van der Waals surface area contributed by atoms with Crippen molar-refractivity contribution in [1.29, 1.82) is 0 Å². The van der Waals surface area contributed by atoms with E-state index in [9.17, 15) is 4.79 Å². The van der Waals surface area contributed by atoms with Gasteiger partial charge in [0.2, 0.25) is 5.91 Å². The number of hydrogen-bond acceptors (Lipinski definition) is 3. The maximum Gasteiger partial charge on any atom is 0.220 e. The van der Waals surface area contributed by atoms with E-state index >= 15 is 0 Å². The predicted octanol–water partition coefficient (Wildman–Crippen LogP) is 1.98. The Morgan fingerprint density at radius 3 is 2.65 bits per heavy atom. The highest BCUT2D eigenvalue weighted by atomic mass is 16.5. The summed E-state index contributed by atoms with van der Waals surface area (Å²) in [5.74, 6) is 0.134. The quantitative estimate of drug-likeness (QED) is 0.864. The Hall–Kier alpha value is -1.39. The van der Waals surface area contributed by atoms with Gasteiger partial charge in [0.1, 0.15) is 0 Å². The minimum atomic E-state index is 0.0633. The van der Waals surface area contributed by atoms with Gasteiger partial charge in [0.15, 0.2) is 0 Å². The molecule has 110 valence electrons. The molecule has 1 aliphatic rings. The molecule has 0 spiro atoms. The normalized spacial score (nSPS) is 17.6. The van der Waals surface area contributed by atoms with Crippen LogP contribution in [0.5, 0.6) is 0 Å². The summed E-state index contributed by atoms with van der Waals surface area (Å²) in [4.78, 5) is 14.3. The van der Waals surface area contributed by atoms with Crippen molar-refractivity contribution in [2.24, 2.45) is 0 Å². The minimum Gasteiger partial charge on any atom is -0.379 e. The van der Waals surface area contributed by atoms with Crippen molar-refractivity contribution < 1.29 is 9.53 Å². The first-order valence-electron chi connectivity index (χ1n) is 7.44. The lowest BCUT2D eigenvalue weighted by atomic mass is 10.1. The first-order chi connectivity index (χ1) is 9.79. The number of hydrogen-bond donors (Lipinski definition) is 1. The fourth-order valence-electron chi connectivity index (χ4n) is 2.46. The van der Waals surface area contributed by atoms with Gasteiger partial charge >= 0.3 is 0 Å². The Morgan fingerprint density at radius 2 is 2.00 bits per heavy atom. The van der Waals surface area contributed by atoms with E-state index in [1.54, 1.807) is 0 Å². The van der Waals surface area contributed by atoms with E-state index in [0.717, 1.165) is 39.3 Å². The highest BCUT2D eigenvalue weighted by Gasteiger charge is 2.19.